The molecule has 0 spiro atoms. The predicted octanol–water partition coefficient (Wildman–Crippen LogP) is 3.40. The Morgan fingerprint density at radius 3 is 2.58 bits per heavy atom. The minimum absolute atomic E-state index is 0.0231. The molecule has 162 valence electrons. The van der Waals surface area contributed by atoms with Crippen LogP contribution in [0.5, 0.6) is 5.88 Å². The highest BCUT2D eigenvalue weighted by Gasteiger charge is 2.44. The van der Waals surface area contributed by atoms with Crippen LogP contribution in [0.15, 0.2) is 24.4 Å². The van der Waals surface area contributed by atoms with Crippen molar-refractivity contribution in [1.29, 1.82) is 0 Å². The maximum absolute atomic E-state index is 13.9. The number of carbonyl (C=O) groups is 1. The molecule has 2 unspecified atom stereocenters. The van der Waals surface area contributed by atoms with E-state index in [1.807, 2.05) is 4.90 Å². The normalized spacial score (nSPS) is 20.0. The van der Waals surface area contributed by atoms with Crippen LogP contribution in [0.3, 0.4) is 0 Å². The lowest BCUT2D eigenvalue weighted by atomic mass is 9.81. The Hall–Kier alpha value is -3.23. The molecule has 1 amide bonds. The zero-order valence-corrected chi connectivity index (χ0v) is 17.6. The van der Waals surface area contributed by atoms with E-state index < -0.39 is 11.6 Å². The first-order valence-electron chi connectivity index (χ1n) is 10.3. The van der Waals surface area contributed by atoms with Gasteiger partial charge < -0.3 is 9.64 Å². The fourth-order valence-corrected chi connectivity index (χ4v) is 5.15. The Kier molecular flexibility index (Phi) is 4.56. The third-order valence-electron chi connectivity index (χ3n) is 6.35. The van der Waals surface area contributed by atoms with Gasteiger partial charge >= 0.3 is 0 Å². The summed E-state index contributed by atoms with van der Waals surface area (Å²) in [5.41, 5.74) is 3.35. The van der Waals surface area contributed by atoms with Crippen molar-refractivity contribution in [3.05, 3.63) is 52.9 Å². The summed E-state index contributed by atoms with van der Waals surface area (Å²) in [4.78, 5) is 15.4. The van der Waals surface area contributed by atoms with Gasteiger partial charge in [-0.25, -0.2) is 13.5 Å². The smallest absolute Gasteiger partial charge is 0.261 e. The summed E-state index contributed by atoms with van der Waals surface area (Å²) >= 11 is 0. The largest absolute Gasteiger partial charge is 0.481 e. The minimum atomic E-state index is -0.624. The Labute approximate surface area is 178 Å². The summed E-state index contributed by atoms with van der Waals surface area (Å²) in [5.74, 6) is -0.956. The molecule has 1 fully saturated rings. The van der Waals surface area contributed by atoms with Crippen molar-refractivity contribution in [1.82, 2.24) is 24.5 Å². The Bertz CT molecular complexity index is 1160. The van der Waals surface area contributed by atoms with E-state index in [0.29, 0.717) is 29.1 Å². The summed E-state index contributed by atoms with van der Waals surface area (Å²) in [5, 5.41) is 8.88. The molecule has 2 atom stereocenters. The molecule has 5 rings (SSSR count). The van der Waals surface area contributed by atoms with Crippen molar-refractivity contribution in [2.75, 3.05) is 7.11 Å². The molecule has 9 heteroatoms. The van der Waals surface area contributed by atoms with E-state index in [4.69, 9.17) is 9.84 Å². The number of aryl methyl sites for hydroxylation is 2. The van der Waals surface area contributed by atoms with Gasteiger partial charge in [0.1, 0.15) is 17.2 Å². The molecule has 0 aliphatic carbocycles. The monoisotopic (exact) mass is 427 g/mol. The van der Waals surface area contributed by atoms with E-state index in [1.165, 1.54) is 30.1 Å². The fraction of sp³-hybridized carbons (Fsp3) is 0.409. The number of hydrogen-bond donors (Lipinski definition) is 0. The van der Waals surface area contributed by atoms with E-state index in [-0.39, 0.29) is 18.0 Å². The molecular weight excluding hydrogens is 404 g/mol. The Balaban J connectivity index is 1.59. The summed E-state index contributed by atoms with van der Waals surface area (Å²) in [6.45, 7) is 0. The first kappa shape index (κ1) is 19.7. The van der Waals surface area contributed by atoms with Gasteiger partial charge in [0.2, 0.25) is 5.88 Å². The van der Waals surface area contributed by atoms with Crippen molar-refractivity contribution in [3.63, 3.8) is 0 Å². The quantitative estimate of drug-likeness (QED) is 0.643. The molecule has 3 aromatic rings. The molecule has 2 aliphatic rings. The lowest BCUT2D eigenvalue weighted by molar-refractivity contribution is 0.0388. The van der Waals surface area contributed by atoms with Gasteiger partial charge in [0.05, 0.1) is 30.7 Å². The number of methoxy groups -OCH3 is 1. The average Bonchev–Trinajstić information content (AvgIpc) is 3.25. The van der Waals surface area contributed by atoms with Crippen LogP contribution in [-0.2, 0) is 20.5 Å². The lowest BCUT2D eigenvalue weighted by Crippen LogP contribution is -2.49. The van der Waals surface area contributed by atoms with Gasteiger partial charge in [-0.15, -0.1) is 0 Å². The zero-order valence-electron chi connectivity index (χ0n) is 17.6. The summed E-state index contributed by atoms with van der Waals surface area (Å²) in [7, 11) is 5.02. The van der Waals surface area contributed by atoms with E-state index in [1.54, 1.807) is 18.8 Å². The van der Waals surface area contributed by atoms with Crippen LogP contribution >= 0.6 is 0 Å². The highest BCUT2D eigenvalue weighted by Crippen LogP contribution is 2.45. The molecule has 2 bridgehead atoms. The lowest BCUT2D eigenvalue weighted by Gasteiger charge is -2.45. The van der Waals surface area contributed by atoms with Crippen molar-refractivity contribution < 1.29 is 18.3 Å². The van der Waals surface area contributed by atoms with Gasteiger partial charge in [0.25, 0.3) is 5.91 Å². The number of aromatic nitrogens is 4. The number of ether oxygens (including phenoxy) is 1. The predicted molar refractivity (Wildman–Crippen MR) is 109 cm³/mol. The number of amides is 1. The van der Waals surface area contributed by atoms with Gasteiger partial charge in [0.15, 0.2) is 0 Å². The van der Waals surface area contributed by atoms with Crippen LogP contribution < -0.4 is 4.74 Å². The molecule has 2 aromatic heterocycles. The third kappa shape index (κ3) is 3.02. The number of nitrogens with zero attached hydrogens (tertiary/aromatic N) is 5. The summed E-state index contributed by atoms with van der Waals surface area (Å²) in [6.07, 6.45) is 4.75. The molecule has 0 radical (unpaired) electrons. The van der Waals surface area contributed by atoms with Gasteiger partial charge in [-0.05, 0) is 37.8 Å². The minimum Gasteiger partial charge on any atom is -0.481 e. The SMILES string of the molecule is COc1c(C(=O)N2C3CCCC2c2nn(C)c(-c4cc(F)cc(F)c4)c2C3)cnn1C. The van der Waals surface area contributed by atoms with Crippen LogP contribution in [0.1, 0.15) is 46.9 Å². The maximum Gasteiger partial charge on any atom is 0.261 e. The maximum atomic E-state index is 13.9. The van der Waals surface area contributed by atoms with Crippen LogP contribution in [-0.4, -0.2) is 43.5 Å². The second-order valence-electron chi connectivity index (χ2n) is 8.20. The number of halogens is 2. The molecule has 0 saturated carbocycles. The van der Waals surface area contributed by atoms with Crippen molar-refractivity contribution >= 4 is 5.91 Å². The van der Waals surface area contributed by atoms with E-state index in [9.17, 15) is 13.6 Å². The molecule has 31 heavy (non-hydrogen) atoms. The molecule has 1 aromatic carbocycles. The fourth-order valence-electron chi connectivity index (χ4n) is 5.15. The van der Waals surface area contributed by atoms with Crippen molar-refractivity contribution in [3.8, 4) is 17.1 Å². The molecular formula is C22H23F2N5O2. The highest BCUT2D eigenvalue weighted by molar-refractivity contribution is 5.97. The Morgan fingerprint density at radius 1 is 1.13 bits per heavy atom. The topological polar surface area (TPSA) is 65.2 Å². The highest BCUT2D eigenvalue weighted by atomic mass is 19.1. The molecule has 4 heterocycles. The van der Waals surface area contributed by atoms with Crippen molar-refractivity contribution in [2.24, 2.45) is 14.1 Å². The standard InChI is InChI=1S/C22H23F2N5O2/c1-27-20(12-7-13(23)9-14(24)8-12)16-10-15-5-4-6-18(19(16)26-27)29(15)21(30)17-11-25-28(2)22(17)31-3/h7-9,11,15,18H,4-6,10H2,1-3H3. The number of piperidine rings is 1. The first-order valence-corrected chi connectivity index (χ1v) is 10.3. The van der Waals surface area contributed by atoms with Crippen LogP contribution in [0.4, 0.5) is 8.78 Å². The number of rotatable bonds is 3. The molecule has 1 saturated heterocycles. The second kappa shape index (κ2) is 7.18. The van der Waals surface area contributed by atoms with Crippen LogP contribution in [0.2, 0.25) is 0 Å². The van der Waals surface area contributed by atoms with E-state index >= 15 is 0 Å². The number of hydrogen-bond acceptors (Lipinski definition) is 4. The number of benzene rings is 1. The Morgan fingerprint density at radius 2 is 1.87 bits per heavy atom. The van der Waals surface area contributed by atoms with Crippen molar-refractivity contribution in [2.45, 2.75) is 37.8 Å². The van der Waals surface area contributed by atoms with Gasteiger partial charge in [-0.3, -0.25) is 9.48 Å². The average molecular weight is 427 g/mol. The second-order valence-corrected chi connectivity index (χ2v) is 8.20. The van der Waals surface area contributed by atoms with Gasteiger partial charge in [0, 0.05) is 37.3 Å². The van der Waals surface area contributed by atoms with Gasteiger partial charge in [-0.2, -0.15) is 10.2 Å². The first-order chi connectivity index (χ1) is 14.9. The van der Waals surface area contributed by atoms with Gasteiger partial charge in [-0.1, -0.05) is 0 Å². The third-order valence-corrected chi connectivity index (χ3v) is 6.35. The molecule has 0 N–H and O–H groups in total. The molecule has 7 nitrogen and oxygen atoms in total. The van der Waals surface area contributed by atoms with Crippen LogP contribution in [0.25, 0.3) is 11.3 Å². The molecule has 2 aliphatic heterocycles. The van der Waals surface area contributed by atoms with Crippen LogP contribution in [0, 0.1) is 11.6 Å². The zero-order chi connectivity index (χ0) is 21.9. The van der Waals surface area contributed by atoms with E-state index in [2.05, 4.69) is 5.10 Å². The summed E-state index contributed by atoms with van der Waals surface area (Å²) < 4.78 is 36.4. The summed E-state index contributed by atoms with van der Waals surface area (Å²) in [6, 6.07) is 3.30. The number of carbonyl (C=O) groups excluding carboxylic acids is 1. The number of fused-ring (bicyclic) bond motifs is 4. The van der Waals surface area contributed by atoms with E-state index in [0.717, 1.165) is 36.6 Å².